The first-order valence-corrected chi connectivity index (χ1v) is 13.8. The maximum absolute atomic E-state index is 13.4. The van der Waals surface area contributed by atoms with E-state index >= 15 is 0 Å². The zero-order valence-electron chi connectivity index (χ0n) is 21.5. The molecule has 4 rings (SSSR count). The van der Waals surface area contributed by atoms with Gasteiger partial charge in [0.15, 0.2) is 11.5 Å². The van der Waals surface area contributed by atoms with E-state index in [0.717, 1.165) is 11.1 Å². The van der Waals surface area contributed by atoms with Crippen molar-refractivity contribution in [1.82, 2.24) is 0 Å². The molecule has 0 radical (unpaired) electrons. The lowest BCUT2D eigenvalue weighted by atomic mass is 10.0. The summed E-state index contributed by atoms with van der Waals surface area (Å²) >= 11 is 0. The first-order chi connectivity index (χ1) is 18.3. The van der Waals surface area contributed by atoms with Crippen molar-refractivity contribution in [1.29, 1.82) is 0 Å². The van der Waals surface area contributed by atoms with Gasteiger partial charge < -0.3 is 14.8 Å². The molecular weight excluding hydrogens is 500 g/mol. The van der Waals surface area contributed by atoms with E-state index in [1.807, 2.05) is 68.4 Å². The van der Waals surface area contributed by atoms with Crippen molar-refractivity contribution in [2.75, 3.05) is 23.3 Å². The summed E-state index contributed by atoms with van der Waals surface area (Å²) < 4.78 is 40.5. The fraction of sp³-hybridized carbons (Fsp3) is 0.167. The fourth-order valence-corrected chi connectivity index (χ4v) is 5.33. The highest BCUT2D eigenvalue weighted by molar-refractivity contribution is 7.92. The molecule has 0 aliphatic carbocycles. The summed E-state index contributed by atoms with van der Waals surface area (Å²) in [6.45, 7) is 6.24. The minimum Gasteiger partial charge on any atom is -0.490 e. The van der Waals surface area contributed by atoms with Gasteiger partial charge in [0.05, 0.1) is 23.8 Å². The van der Waals surface area contributed by atoms with Crippen LogP contribution in [0.25, 0.3) is 11.1 Å². The number of hydrogen-bond acceptors (Lipinski definition) is 5. The molecule has 0 spiro atoms. The quantitative estimate of drug-likeness (QED) is 0.244. The third-order valence-electron chi connectivity index (χ3n) is 5.80. The molecule has 0 atom stereocenters. The number of amides is 1. The third kappa shape index (κ3) is 6.15. The molecule has 4 aromatic rings. The van der Waals surface area contributed by atoms with Gasteiger partial charge in [-0.1, -0.05) is 54.6 Å². The van der Waals surface area contributed by atoms with Crippen LogP contribution in [-0.2, 0) is 10.0 Å². The zero-order chi connectivity index (χ0) is 27.1. The van der Waals surface area contributed by atoms with Gasteiger partial charge in [-0.3, -0.25) is 9.52 Å². The molecule has 0 unspecified atom stereocenters. The van der Waals surface area contributed by atoms with Crippen molar-refractivity contribution in [3.8, 4) is 22.6 Å². The van der Waals surface area contributed by atoms with Crippen molar-refractivity contribution in [3.63, 3.8) is 0 Å². The SMILES string of the molecule is CCOc1ccc(NS(=O)(=O)c2cc(C(=O)Nc3ccccc3-c3ccccc3)ccc2C)cc1OCC. The molecule has 196 valence electrons. The lowest BCUT2D eigenvalue weighted by molar-refractivity contribution is 0.102. The highest BCUT2D eigenvalue weighted by Crippen LogP contribution is 2.32. The third-order valence-corrected chi connectivity index (χ3v) is 7.32. The van der Waals surface area contributed by atoms with Crippen LogP contribution >= 0.6 is 0 Å². The minimum absolute atomic E-state index is 0.00772. The number of sulfonamides is 1. The number of rotatable bonds is 10. The van der Waals surface area contributed by atoms with E-state index in [2.05, 4.69) is 10.0 Å². The van der Waals surface area contributed by atoms with Crippen LogP contribution in [0.3, 0.4) is 0 Å². The van der Waals surface area contributed by atoms with Gasteiger partial charge in [-0.15, -0.1) is 0 Å². The Hall–Kier alpha value is -4.30. The molecule has 0 aliphatic heterocycles. The van der Waals surface area contributed by atoms with Gasteiger partial charge in [-0.2, -0.15) is 0 Å². The maximum atomic E-state index is 13.4. The Balaban J connectivity index is 1.60. The average Bonchev–Trinajstić information content (AvgIpc) is 2.91. The van der Waals surface area contributed by atoms with Crippen molar-refractivity contribution in [3.05, 3.63) is 102 Å². The summed E-state index contributed by atoms with van der Waals surface area (Å²) in [6, 6.07) is 26.7. The van der Waals surface area contributed by atoms with Crippen LogP contribution in [0.4, 0.5) is 11.4 Å². The number of anilines is 2. The highest BCUT2D eigenvalue weighted by Gasteiger charge is 2.21. The van der Waals surface area contributed by atoms with Gasteiger partial charge in [0.1, 0.15) is 0 Å². The zero-order valence-corrected chi connectivity index (χ0v) is 22.3. The summed E-state index contributed by atoms with van der Waals surface area (Å²) in [5.41, 5.74) is 3.51. The molecule has 1 amide bonds. The molecule has 0 saturated heterocycles. The fourth-order valence-electron chi connectivity index (χ4n) is 4.01. The number of ether oxygens (including phenoxy) is 2. The number of carbonyl (C=O) groups is 1. The van der Waals surface area contributed by atoms with Gasteiger partial charge in [-0.25, -0.2) is 8.42 Å². The largest absolute Gasteiger partial charge is 0.490 e. The Morgan fingerprint density at radius 3 is 2.21 bits per heavy atom. The topological polar surface area (TPSA) is 93.7 Å². The second-order valence-corrected chi connectivity index (χ2v) is 10.1. The Labute approximate surface area is 223 Å². The van der Waals surface area contributed by atoms with Crippen molar-refractivity contribution >= 4 is 27.3 Å². The predicted octanol–water partition coefficient (Wildman–Crippen LogP) is 6.51. The molecule has 0 fully saturated rings. The molecule has 0 saturated carbocycles. The highest BCUT2D eigenvalue weighted by atomic mass is 32.2. The second-order valence-electron chi connectivity index (χ2n) is 8.48. The molecular formula is C30H30N2O5S. The average molecular weight is 531 g/mol. The number of carbonyl (C=O) groups excluding carboxylic acids is 1. The summed E-state index contributed by atoms with van der Waals surface area (Å²) in [5.74, 6) is 0.559. The number of aryl methyl sites for hydroxylation is 1. The van der Waals surface area contributed by atoms with Gasteiger partial charge in [0.2, 0.25) is 0 Å². The summed E-state index contributed by atoms with van der Waals surface area (Å²) in [7, 11) is -4.01. The number of nitrogens with one attached hydrogen (secondary N) is 2. The number of benzene rings is 4. The van der Waals surface area contributed by atoms with Gasteiger partial charge in [0.25, 0.3) is 15.9 Å². The normalized spacial score (nSPS) is 11.0. The van der Waals surface area contributed by atoms with Crippen LogP contribution in [0, 0.1) is 6.92 Å². The first kappa shape index (κ1) is 26.8. The number of hydrogen-bond donors (Lipinski definition) is 2. The van der Waals surface area contributed by atoms with Crippen molar-refractivity contribution in [2.24, 2.45) is 0 Å². The van der Waals surface area contributed by atoms with E-state index in [9.17, 15) is 13.2 Å². The van der Waals surface area contributed by atoms with Crippen molar-refractivity contribution < 1.29 is 22.7 Å². The molecule has 0 aromatic heterocycles. The van der Waals surface area contributed by atoms with E-state index < -0.39 is 15.9 Å². The van der Waals surface area contributed by atoms with Crippen LogP contribution in [0.2, 0.25) is 0 Å². The van der Waals surface area contributed by atoms with Gasteiger partial charge in [-0.05, 0) is 62.2 Å². The van der Waals surface area contributed by atoms with Crippen LogP contribution in [-0.4, -0.2) is 27.5 Å². The van der Waals surface area contributed by atoms with Crippen molar-refractivity contribution in [2.45, 2.75) is 25.7 Å². The van der Waals surface area contributed by atoms with E-state index in [-0.39, 0.29) is 10.5 Å². The standard InChI is InChI=1S/C30H30N2O5S/c1-4-36-27-18-17-24(20-28(27)37-5-2)32-38(34,35)29-19-23(16-15-21(29)3)30(33)31-26-14-10-9-13-25(26)22-11-7-6-8-12-22/h6-20,32H,4-5H2,1-3H3,(H,31,33). The first-order valence-electron chi connectivity index (χ1n) is 12.3. The molecule has 38 heavy (non-hydrogen) atoms. The minimum atomic E-state index is -4.01. The lowest BCUT2D eigenvalue weighted by Gasteiger charge is -2.15. The van der Waals surface area contributed by atoms with Crippen LogP contribution in [0.1, 0.15) is 29.8 Å². The van der Waals surface area contributed by atoms with E-state index in [4.69, 9.17) is 9.47 Å². The Kier molecular flexibility index (Phi) is 8.33. The summed E-state index contributed by atoms with van der Waals surface area (Å²) in [5, 5.41) is 2.93. The maximum Gasteiger partial charge on any atom is 0.262 e. The molecule has 7 nitrogen and oxygen atoms in total. The Morgan fingerprint density at radius 1 is 0.789 bits per heavy atom. The molecule has 0 bridgehead atoms. The van der Waals surface area contributed by atoms with Gasteiger partial charge >= 0.3 is 0 Å². The monoisotopic (exact) mass is 530 g/mol. The molecule has 0 aliphatic rings. The summed E-state index contributed by atoms with van der Waals surface area (Å²) in [4.78, 5) is 13.2. The van der Waals surface area contributed by atoms with Crippen LogP contribution < -0.4 is 19.5 Å². The van der Waals surface area contributed by atoms with Gasteiger partial charge in [0, 0.05) is 22.9 Å². The molecule has 8 heteroatoms. The molecule has 0 heterocycles. The van der Waals surface area contributed by atoms with E-state index in [0.29, 0.717) is 41.7 Å². The Bertz CT molecular complexity index is 1540. The van der Waals surface area contributed by atoms with E-state index in [1.54, 1.807) is 37.3 Å². The number of para-hydroxylation sites is 1. The lowest BCUT2D eigenvalue weighted by Crippen LogP contribution is -2.17. The predicted molar refractivity (Wildman–Crippen MR) is 151 cm³/mol. The molecule has 2 N–H and O–H groups in total. The van der Waals surface area contributed by atoms with Crippen LogP contribution in [0.5, 0.6) is 11.5 Å². The van der Waals surface area contributed by atoms with Crippen LogP contribution in [0.15, 0.2) is 95.9 Å². The smallest absolute Gasteiger partial charge is 0.262 e. The molecule has 4 aromatic carbocycles. The van der Waals surface area contributed by atoms with E-state index in [1.165, 1.54) is 6.07 Å². The Morgan fingerprint density at radius 2 is 1.47 bits per heavy atom. The summed E-state index contributed by atoms with van der Waals surface area (Å²) in [6.07, 6.45) is 0. The second kappa shape index (κ2) is 11.8.